The molecule has 5 heteroatoms. The molecular weight excluding hydrogens is 223 g/mol. The topological polar surface area (TPSA) is 38.5 Å². The monoisotopic (exact) mass is 242 g/mol. The Morgan fingerprint density at radius 2 is 1.64 bits per heavy atom. The smallest absolute Gasteiger partial charge is 0.0638 e. The maximum absolute atomic E-state index is 5.94. The Kier molecular flexibility index (Phi) is 7.08. The van der Waals surface area contributed by atoms with Gasteiger partial charge in [0.15, 0.2) is 0 Å². The van der Waals surface area contributed by atoms with Crippen molar-refractivity contribution in [3.63, 3.8) is 0 Å². The Morgan fingerprint density at radius 3 is 2.14 bits per heavy atom. The molecule has 2 rings (SSSR count). The Bertz CT molecular complexity index is 154. The van der Waals surface area contributed by atoms with Crippen LogP contribution in [0.15, 0.2) is 0 Å². The summed E-state index contributed by atoms with van der Waals surface area (Å²) in [6.45, 7) is 4.05. The number of ether oxygens (including phenoxy) is 1. The molecule has 2 heterocycles. The molecule has 0 radical (unpaired) electrons. The molecular formula is C9H20Cl2N2O. The Morgan fingerprint density at radius 1 is 1.00 bits per heavy atom. The number of halogens is 2. The van der Waals surface area contributed by atoms with Crippen molar-refractivity contribution in [3.8, 4) is 0 Å². The first-order valence-corrected chi connectivity index (χ1v) is 4.95. The van der Waals surface area contributed by atoms with Gasteiger partial charge in [-0.05, 0) is 25.9 Å². The van der Waals surface area contributed by atoms with E-state index in [1.165, 1.54) is 32.4 Å². The van der Waals surface area contributed by atoms with Crippen LogP contribution in [0.4, 0.5) is 0 Å². The van der Waals surface area contributed by atoms with Crippen LogP contribution in [0.2, 0.25) is 0 Å². The van der Waals surface area contributed by atoms with Crippen molar-refractivity contribution in [1.82, 2.24) is 4.90 Å². The van der Waals surface area contributed by atoms with Gasteiger partial charge in [0.05, 0.1) is 19.3 Å². The van der Waals surface area contributed by atoms with E-state index in [2.05, 4.69) is 4.90 Å². The van der Waals surface area contributed by atoms with Gasteiger partial charge in [-0.25, -0.2) is 0 Å². The van der Waals surface area contributed by atoms with Crippen molar-refractivity contribution >= 4 is 24.8 Å². The normalized spacial score (nSPS) is 33.2. The minimum absolute atomic E-state index is 0. The summed E-state index contributed by atoms with van der Waals surface area (Å²) in [5.41, 5.74) is 5.94. The number of nitrogens with two attached hydrogens (primary N) is 1. The molecule has 2 unspecified atom stereocenters. The Hall–Kier alpha value is 0.460. The second-order valence-corrected chi connectivity index (χ2v) is 3.87. The zero-order valence-electron chi connectivity index (χ0n) is 8.35. The number of hydrogen-bond acceptors (Lipinski definition) is 3. The molecule has 0 aliphatic carbocycles. The molecule has 2 N–H and O–H groups in total. The van der Waals surface area contributed by atoms with Crippen LogP contribution < -0.4 is 5.73 Å². The maximum atomic E-state index is 5.94. The maximum Gasteiger partial charge on any atom is 0.0638 e. The Labute approximate surface area is 98.2 Å². The van der Waals surface area contributed by atoms with E-state index in [0.717, 1.165) is 13.2 Å². The molecule has 0 aromatic carbocycles. The average molecular weight is 243 g/mol. The van der Waals surface area contributed by atoms with Gasteiger partial charge in [-0.1, -0.05) is 6.42 Å². The summed E-state index contributed by atoms with van der Waals surface area (Å²) < 4.78 is 5.36. The zero-order chi connectivity index (χ0) is 8.39. The van der Waals surface area contributed by atoms with Gasteiger partial charge in [0.2, 0.25) is 0 Å². The van der Waals surface area contributed by atoms with E-state index in [0.29, 0.717) is 6.04 Å². The molecule has 0 amide bonds. The predicted molar refractivity (Wildman–Crippen MR) is 62.5 cm³/mol. The standard InChI is InChI=1S/C9H18N2O.2ClH/c10-8-6-12-7-9(8)11-4-2-1-3-5-11;;/h8-9H,1-7,10H2;2*1H. The van der Waals surface area contributed by atoms with Gasteiger partial charge in [0.25, 0.3) is 0 Å². The predicted octanol–water partition coefficient (Wildman–Crippen LogP) is 1.04. The molecule has 0 aromatic heterocycles. The van der Waals surface area contributed by atoms with Crippen LogP contribution in [0.5, 0.6) is 0 Å². The fraction of sp³-hybridized carbons (Fsp3) is 1.00. The molecule has 2 aliphatic heterocycles. The van der Waals surface area contributed by atoms with Gasteiger partial charge in [0.1, 0.15) is 0 Å². The molecule has 0 saturated carbocycles. The fourth-order valence-electron chi connectivity index (χ4n) is 2.19. The number of rotatable bonds is 1. The summed E-state index contributed by atoms with van der Waals surface area (Å²) in [6.07, 6.45) is 4.06. The van der Waals surface area contributed by atoms with E-state index in [-0.39, 0.29) is 30.9 Å². The van der Waals surface area contributed by atoms with Gasteiger partial charge in [-0.3, -0.25) is 4.90 Å². The third-order valence-corrected chi connectivity index (χ3v) is 2.95. The fourth-order valence-corrected chi connectivity index (χ4v) is 2.19. The summed E-state index contributed by atoms with van der Waals surface area (Å²) in [5, 5.41) is 0. The van der Waals surface area contributed by atoms with Crippen LogP contribution in [0.3, 0.4) is 0 Å². The SMILES string of the molecule is Cl.Cl.NC1COCC1N1CCCCC1. The highest BCUT2D eigenvalue weighted by atomic mass is 35.5. The number of nitrogens with zero attached hydrogens (tertiary/aromatic N) is 1. The molecule has 2 fully saturated rings. The van der Waals surface area contributed by atoms with E-state index >= 15 is 0 Å². The van der Waals surface area contributed by atoms with Crippen LogP contribution in [0, 0.1) is 0 Å². The summed E-state index contributed by atoms with van der Waals surface area (Å²) in [5.74, 6) is 0. The summed E-state index contributed by atoms with van der Waals surface area (Å²) >= 11 is 0. The van der Waals surface area contributed by atoms with Crippen LogP contribution in [0.1, 0.15) is 19.3 Å². The molecule has 2 aliphatic rings. The van der Waals surface area contributed by atoms with Crippen molar-refractivity contribution in [2.45, 2.75) is 31.3 Å². The highest BCUT2D eigenvalue weighted by Crippen LogP contribution is 2.17. The van der Waals surface area contributed by atoms with Gasteiger partial charge in [-0.2, -0.15) is 0 Å². The molecule has 0 spiro atoms. The second-order valence-electron chi connectivity index (χ2n) is 3.87. The lowest BCUT2D eigenvalue weighted by Gasteiger charge is -2.33. The summed E-state index contributed by atoms with van der Waals surface area (Å²) in [4.78, 5) is 2.50. The molecule has 14 heavy (non-hydrogen) atoms. The molecule has 0 aromatic rings. The van der Waals surface area contributed by atoms with Crippen molar-refractivity contribution in [2.24, 2.45) is 5.73 Å². The number of hydrogen-bond donors (Lipinski definition) is 1. The molecule has 0 bridgehead atoms. The van der Waals surface area contributed by atoms with Gasteiger partial charge < -0.3 is 10.5 Å². The molecule has 2 atom stereocenters. The van der Waals surface area contributed by atoms with Crippen molar-refractivity contribution in [1.29, 1.82) is 0 Å². The highest BCUT2D eigenvalue weighted by Gasteiger charge is 2.30. The number of piperidine rings is 1. The second kappa shape index (κ2) is 6.85. The van der Waals surface area contributed by atoms with E-state index in [1.807, 2.05) is 0 Å². The van der Waals surface area contributed by atoms with Crippen LogP contribution in [-0.4, -0.2) is 43.3 Å². The third-order valence-electron chi connectivity index (χ3n) is 2.95. The largest absolute Gasteiger partial charge is 0.378 e. The minimum atomic E-state index is 0. The lowest BCUT2D eigenvalue weighted by molar-refractivity contribution is 0.126. The van der Waals surface area contributed by atoms with E-state index in [4.69, 9.17) is 10.5 Å². The molecule has 86 valence electrons. The van der Waals surface area contributed by atoms with Crippen molar-refractivity contribution < 1.29 is 4.74 Å². The first-order chi connectivity index (χ1) is 5.88. The van der Waals surface area contributed by atoms with Crippen LogP contribution in [0.25, 0.3) is 0 Å². The first kappa shape index (κ1) is 14.5. The van der Waals surface area contributed by atoms with Gasteiger partial charge in [-0.15, -0.1) is 24.8 Å². The van der Waals surface area contributed by atoms with Gasteiger partial charge in [0, 0.05) is 6.04 Å². The van der Waals surface area contributed by atoms with E-state index in [9.17, 15) is 0 Å². The lowest BCUT2D eigenvalue weighted by Crippen LogP contribution is -2.48. The van der Waals surface area contributed by atoms with Crippen LogP contribution >= 0.6 is 24.8 Å². The lowest BCUT2D eigenvalue weighted by atomic mass is 10.1. The third kappa shape index (κ3) is 3.24. The zero-order valence-corrected chi connectivity index (χ0v) is 9.99. The average Bonchev–Trinajstić information content (AvgIpc) is 2.53. The number of likely N-dealkylation sites (tertiary alicyclic amines) is 1. The minimum Gasteiger partial charge on any atom is -0.378 e. The molecule has 2 saturated heterocycles. The van der Waals surface area contributed by atoms with E-state index < -0.39 is 0 Å². The summed E-state index contributed by atoms with van der Waals surface area (Å²) in [7, 11) is 0. The van der Waals surface area contributed by atoms with Crippen LogP contribution in [-0.2, 0) is 4.74 Å². The molecule has 3 nitrogen and oxygen atoms in total. The first-order valence-electron chi connectivity index (χ1n) is 4.95. The van der Waals surface area contributed by atoms with Gasteiger partial charge >= 0.3 is 0 Å². The Balaban J connectivity index is 0.000000845. The van der Waals surface area contributed by atoms with Crippen molar-refractivity contribution in [3.05, 3.63) is 0 Å². The quantitative estimate of drug-likeness (QED) is 0.748. The summed E-state index contributed by atoms with van der Waals surface area (Å²) in [6, 6.07) is 0.758. The highest BCUT2D eigenvalue weighted by molar-refractivity contribution is 5.85. The van der Waals surface area contributed by atoms with Crippen molar-refractivity contribution in [2.75, 3.05) is 26.3 Å². The van der Waals surface area contributed by atoms with E-state index in [1.54, 1.807) is 0 Å².